The fourth-order valence-electron chi connectivity index (χ4n) is 3.21. The molecule has 0 spiro atoms. The number of nitrogens with zero attached hydrogens (tertiary/aromatic N) is 3. The molecule has 0 aliphatic heterocycles. The van der Waals surface area contributed by atoms with E-state index in [0.29, 0.717) is 5.52 Å². The van der Waals surface area contributed by atoms with Crippen LogP contribution in [-0.2, 0) is 21.2 Å². The number of hydrogen-bond acceptors (Lipinski definition) is 8. The van der Waals surface area contributed by atoms with E-state index in [1.54, 1.807) is 36.4 Å². The van der Waals surface area contributed by atoms with E-state index in [0.717, 1.165) is 17.3 Å². The van der Waals surface area contributed by atoms with Gasteiger partial charge in [0.05, 0.1) is 16.7 Å². The summed E-state index contributed by atoms with van der Waals surface area (Å²) in [5.41, 5.74) is 1.36. The highest BCUT2D eigenvalue weighted by Gasteiger charge is 2.28. The fourth-order valence-corrected chi connectivity index (χ4v) is 5.18. The number of nitro groups is 1. The van der Waals surface area contributed by atoms with Gasteiger partial charge in [-0.1, -0.05) is 42.5 Å². The van der Waals surface area contributed by atoms with Crippen molar-refractivity contribution < 1.29 is 18.1 Å². The summed E-state index contributed by atoms with van der Waals surface area (Å²) in [7, 11) is -4.15. The van der Waals surface area contributed by atoms with Crippen LogP contribution in [0.1, 0.15) is 5.56 Å². The van der Waals surface area contributed by atoms with E-state index in [2.05, 4.69) is 18.8 Å². The van der Waals surface area contributed by atoms with E-state index >= 15 is 0 Å². The third-order valence-electron chi connectivity index (χ3n) is 4.76. The van der Waals surface area contributed by atoms with Crippen LogP contribution >= 0.6 is 11.7 Å². The number of fused-ring (bicyclic) bond motifs is 1. The average Bonchev–Trinajstić information content (AvgIpc) is 3.28. The first-order valence-electron chi connectivity index (χ1n) is 9.66. The molecule has 33 heavy (non-hydrogen) atoms. The maximum Gasteiger partial charge on any atom is 0.271 e. The Bertz CT molecular complexity index is 1420. The summed E-state index contributed by atoms with van der Waals surface area (Å²) >= 11 is 0.890. The third-order valence-corrected chi connectivity index (χ3v) is 6.81. The number of amides is 1. The summed E-state index contributed by atoms with van der Waals surface area (Å²) < 4.78 is 37.0. The number of sulfonamides is 1. The van der Waals surface area contributed by atoms with Crippen molar-refractivity contribution in [2.45, 2.75) is 17.4 Å². The highest BCUT2D eigenvalue weighted by atomic mass is 32.2. The van der Waals surface area contributed by atoms with Gasteiger partial charge in [0.2, 0.25) is 15.9 Å². The summed E-state index contributed by atoms with van der Waals surface area (Å²) in [6.07, 6.45) is 0.0616. The molecule has 4 aromatic rings. The molecule has 4 rings (SSSR count). The van der Waals surface area contributed by atoms with E-state index in [-0.39, 0.29) is 28.2 Å². The molecular weight excluding hydrogens is 466 g/mol. The quantitative estimate of drug-likeness (QED) is 0.289. The highest BCUT2D eigenvalue weighted by molar-refractivity contribution is 7.89. The van der Waals surface area contributed by atoms with Crippen molar-refractivity contribution in [3.63, 3.8) is 0 Å². The second-order valence-corrected chi connectivity index (χ2v) is 9.26. The van der Waals surface area contributed by atoms with Gasteiger partial charge in [0.1, 0.15) is 22.0 Å². The molecule has 0 bridgehead atoms. The van der Waals surface area contributed by atoms with E-state index in [1.807, 2.05) is 6.07 Å². The Balaban J connectivity index is 1.64. The van der Waals surface area contributed by atoms with Crippen LogP contribution in [-0.4, -0.2) is 34.0 Å². The molecular formula is C21H17N5O5S2. The zero-order valence-electron chi connectivity index (χ0n) is 16.9. The molecule has 1 aromatic heterocycles. The van der Waals surface area contributed by atoms with Gasteiger partial charge in [-0.15, -0.1) is 0 Å². The number of carbonyl (C=O) groups is 1. The Morgan fingerprint density at radius 2 is 1.79 bits per heavy atom. The molecule has 0 aliphatic carbocycles. The van der Waals surface area contributed by atoms with E-state index in [9.17, 15) is 23.3 Å². The summed E-state index contributed by atoms with van der Waals surface area (Å²) in [6.45, 7) is 0. The van der Waals surface area contributed by atoms with Gasteiger partial charge in [0, 0.05) is 17.8 Å². The fraction of sp³-hybridized carbons (Fsp3) is 0.0952. The van der Waals surface area contributed by atoms with E-state index in [4.69, 9.17) is 0 Å². The van der Waals surface area contributed by atoms with Gasteiger partial charge < -0.3 is 5.32 Å². The minimum Gasteiger partial charge on any atom is -0.324 e. The van der Waals surface area contributed by atoms with Gasteiger partial charge in [-0.05, 0) is 30.2 Å². The molecule has 1 amide bonds. The van der Waals surface area contributed by atoms with Crippen molar-refractivity contribution in [2.75, 3.05) is 5.32 Å². The van der Waals surface area contributed by atoms with Gasteiger partial charge in [0.15, 0.2) is 0 Å². The third kappa shape index (κ3) is 5.19. The van der Waals surface area contributed by atoms with E-state index in [1.165, 1.54) is 30.3 Å². The maximum absolute atomic E-state index is 13.2. The first kappa shape index (κ1) is 22.5. The maximum atomic E-state index is 13.2. The van der Waals surface area contributed by atoms with Crippen LogP contribution < -0.4 is 10.0 Å². The predicted octanol–water partition coefficient (Wildman–Crippen LogP) is 3.13. The Morgan fingerprint density at radius 3 is 2.55 bits per heavy atom. The van der Waals surface area contributed by atoms with Gasteiger partial charge in [0.25, 0.3) is 5.69 Å². The molecule has 1 atom stereocenters. The summed E-state index contributed by atoms with van der Waals surface area (Å²) in [6, 6.07) is 17.7. The molecule has 3 aromatic carbocycles. The molecule has 2 N–H and O–H groups in total. The SMILES string of the molecule is O=C(Nc1cccc([N+](=O)[O-])c1)[C@H](Cc1ccccc1)NS(=O)(=O)c1cccc2nsnc12. The summed E-state index contributed by atoms with van der Waals surface area (Å²) in [4.78, 5) is 23.5. The zero-order chi connectivity index (χ0) is 23.4. The molecule has 12 heteroatoms. The minimum atomic E-state index is -4.15. The Morgan fingerprint density at radius 1 is 1.03 bits per heavy atom. The average molecular weight is 484 g/mol. The lowest BCUT2D eigenvalue weighted by Gasteiger charge is -2.19. The van der Waals surface area contributed by atoms with Crippen LogP contribution in [0.2, 0.25) is 0 Å². The number of nitrogens with one attached hydrogen (secondary N) is 2. The van der Waals surface area contributed by atoms with Gasteiger partial charge >= 0.3 is 0 Å². The van der Waals surface area contributed by atoms with Crippen molar-refractivity contribution in [3.05, 3.63) is 88.5 Å². The number of benzene rings is 3. The van der Waals surface area contributed by atoms with Crippen LogP contribution in [0.4, 0.5) is 11.4 Å². The summed E-state index contributed by atoms with van der Waals surface area (Å²) in [5.74, 6) is -0.661. The topological polar surface area (TPSA) is 144 Å². The van der Waals surface area contributed by atoms with E-state index < -0.39 is 26.9 Å². The lowest BCUT2D eigenvalue weighted by molar-refractivity contribution is -0.384. The highest BCUT2D eigenvalue weighted by Crippen LogP contribution is 2.22. The predicted molar refractivity (Wildman–Crippen MR) is 123 cm³/mol. The number of nitro benzene ring substituents is 1. The Labute approximate surface area is 192 Å². The lowest BCUT2D eigenvalue weighted by atomic mass is 10.1. The second-order valence-electron chi connectivity index (χ2n) is 7.05. The second kappa shape index (κ2) is 9.40. The van der Waals surface area contributed by atoms with Crippen LogP contribution in [0.25, 0.3) is 11.0 Å². The number of hydrogen-bond donors (Lipinski definition) is 2. The number of rotatable bonds is 8. The largest absolute Gasteiger partial charge is 0.324 e. The molecule has 0 aliphatic rings. The molecule has 1 heterocycles. The Hall–Kier alpha value is -3.74. The minimum absolute atomic E-state index is 0.0616. The molecule has 0 unspecified atom stereocenters. The standard InChI is InChI=1S/C21H17N5O5S2/c27-21(22-15-8-4-9-16(13-15)26(28)29)18(12-14-6-2-1-3-7-14)25-33(30,31)19-11-5-10-17-20(19)24-32-23-17/h1-11,13,18,25H,12H2,(H,22,27)/t18-/m0/s1. The number of aromatic nitrogens is 2. The monoisotopic (exact) mass is 483 g/mol. The van der Waals surface area contributed by atoms with Crippen molar-refractivity contribution in [1.29, 1.82) is 0 Å². The summed E-state index contributed by atoms with van der Waals surface area (Å²) in [5, 5.41) is 13.6. The number of carbonyl (C=O) groups excluding carboxylic acids is 1. The van der Waals surface area contributed by atoms with Crippen LogP contribution in [0.15, 0.2) is 77.7 Å². The van der Waals surface area contributed by atoms with Crippen LogP contribution in [0.3, 0.4) is 0 Å². The molecule has 0 saturated carbocycles. The zero-order valence-corrected chi connectivity index (χ0v) is 18.5. The number of non-ortho nitro benzene ring substituents is 1. The lowest BCUT2D eigenvalue weighted by Crippen LogP contribution is -2.45. The van der Waals surface area contributed by atoms with Gasteiger partial charge in [-0.2, -0.15) is 13.5 Å². The molecule has 0 fully saturated rings. The Kier molecular flexibility index (Phi) is 6.40. The molecule has 0 radical (unpaired) electrons. The van der Waals surface area contributed by atoms with Crippen molar-refractivity contribution >= 4 is 50.1 Å². The van der Waals surface area contributed by atoms with Crippen molar-refractivity contribution in [3.8, 4) is 0 Å². The van der Waals surface area contributed by atoms with Crippen LogP contribution in [0.5, 0.6) is 0 Å². The molecule has 10 nitrogen and oxygen atoms in total. The number of anilines is 1. The normalized spacial score (nSPS) is 12.4. The first-order valence-corrected chi connectivity index (χ1v) is 11.9. The smallest absolute Gasteiger partial charge is 0.271 e. The van der Waals surface area contributed by atoms with Crippen molar-refractivity contribution in [1.82, 2.24) is 13.5 Å². The van der Waals surface area contributed by atoms with Gasteiger partial charge in [-0.3, -0.25) is 14.9 Å². The first-order chi connectivity index (χ1) is 15.8. The molecule has 168 valence electrons. The van der Waals surface area contributed by atoms with Crippen molar-refractivity contribution in [2.24, 2.45) is 0 Å². The van der Waals surface area contributed by atoms with Crippen LogP contribution in [0, 0.1) is 10.1 Å². The molecule has 0 saturated heterocycles. The van der Waals surface area contributed by atoms with Gasteiger partial charge in [-0.25, -0.2) is 8.42 Å².